The van der Waals surface area contributed by atoms with Gasteiger partial charge in [0.2, 0.25) is 5.91 Å². The Morgan fingerprint density at radius 3 is 2.48 bits per heavy atom. The fraction of sp³-hybridized carbons (Fsp3) is 0.462. The number of nitrogens with one attached hydrogen (secondary N) is 1. The molecule has 0 aliphatic carbocycles. The second-order valence-corrected chi connectivity index (χ2v) is 4.86. The number of hydrogen-bond acceptors (Lipinski definition) is 4. The van der Waals surface area contributed by atoms with Crippen molar-refractivity contribution in [2.24, 2.45) is 5.73 Å². The number of carbonyl (C=O) groups is 1. The number of phenolic OH excluding ortho intramolecular Hbond substituents is 2. The first-order valence-corrected chi connectivity index (χ1v) is 6.22. The Bertz CT molecular complexity index is 506. The molecule has 0 aliphatic heterocycles. The van der Waals surface area contributed by atoms with Crippen LogP contribution in [-0.2, 0) is 11.2 Å². The van der Waals surface area contributed by atoms with Crippen molar-refractivity contribution in [1.29, 1.82) is 0 Å². The van der Waals surface area contributed by atoms with Crippen molar-refractivity contribution in [3.05, 3.63) is 23.8 Å². The van der Waals surface area contributed by atoms with Crippen LogP contribution < -0.4 is 11.1 Å². The van der Waals surface area contributed by atoms with E-state index in [1.165, 1.54) is 25.1 Å². The number of nitrogens with two attached hydrogens (primary N) is 1. The van der Waals surface area contributed by atoms with E-state index in [4.69, 9.17) is 10.8 Å². The molecule has 0 aliphatic rings. The lowest BCUT2D eigenvalue weighted by molar-refractivity contribution is -0.141. The van der Waals surface area contributed by atoms with Crippen LogP contribution in [0.25, 0.3) is 0 Å². The summed E-state index contributed by atoms with van der Waals surface area (Å²) in [5, 5.41) is 20.6. The topological polar surface area (TPSA) is 95.6 Å². The van der Waals surface area contributed by atoms with E-state index >= 15 is 0 Å². The molecule has 5 N–H and O–H groups in total. The summed E-state index contributed by atoms with van der Waals surface area (Å²) in [6.45, 7) is 1.24. The van der Waals surface area contributed by atoms with Gasteiger partial charge in [-0.25, -0.2) is 0 Å². The molecule has 0 spiro atoms. The molecule has 0 saturated carbocycles. The van der Waals surface area contributed by atoms with Gasteiger partial charge in [-0.15, -0.1) is 0 Å². The molecule has 1 aromatic carbocycles. The molecule has 0 aromatic heterocycles. The van der Waals surface area contributed by atoms with Gasteiger partial charge in [0, 0.05) is 6.04 Å². The monoisotopic (exact) mass is 306 g/mol. The summed E-state index contributed by atoms with van der Waals surface area (Å²) in [4.78, 5) is 11.7. The largest absolute Gasteiger partial charge is 0.504 e. The summed E-state index contributed by atoms with van der Waals surface area (Å²) in [5.74, 6) is -1.37. The van der Waals surface area contributed by atoms with Gasteiger partial charge in [0.05, 0.1) is 12.5 Å². The van der Waals surface area contributed by atoms with Crippen LogP contribution in [0.2, 0.25) is 0 Å². The molecule has 0 fully saturated rings. The number of alkyl halides is 3. The van der Waals surface area contributed by atoms with Crippen molar-refractivity contribution in [3.8, 4) is 11.5 Å². The highest BCUT2D eigenvalue weighted by atomic mass is 19.4. The summed E-state index contributed by atoms with van der Waals surface area (Å²) >= 11 is 0. The second kappa shape index (κ2) is 6.66. The lowest BCUT2D eigenvalue weighted by Gasteiger charge is -2.19. The first-order chi connectivity index (χ1) is 9.58. The van der Waals surface area contributed by atoms with Gasteiger partial charge in [0.1, 0.15) is 0 Å². The fourth-order valence-electron chi connectivity index (χ4n) is 1.79. The molecule has 118 valence electrons. The van der Waals surface area contributed by atoms with E-state index in [9.17, 15) is 23.1 Å². The summed E-state index contributed by atoms with van der Waals surface area (Å²) in [5.41, 5.74) is 6.09. The summed E-state index contributed by atoms with van der Waals surface area (Å²) in [6.07, 6.45) is -5.47. The molecular weight excluding hydrogens is 289 g/mol. The van der Waals surface area contributed by atoms with Crippen LogP contribution in [0.1, 0.15) is 18.9 Å². The Hall–Kier alpha value is -1.96. The number of hydrogen-bond donors (Lipinski definition) is 4. The lowest BCUT2D eigenvalue weighted by atomic mass is 10.0. The zero-order chi connectivity index (χ0) is 16.2. The van der Waals surface area contributed by atoms with E-state index in [0.717, 1.165) is 0 Å². The first-order valence-electron chi connectivity index (χ1n) is 6.22. The number of rotatable bonds is 5. The molecule has 8 heteroatoms. The van der Waals surface area contributed by atoms with E-state index in [-0.39, 0.29) is 17.9 Å². The van der Waals surface area contributed by atoms with Crippen LogP contribution in [0, 0.1) is 0 Å². The highest BCUT2D eigenvalue weighted by Gasteiger charge is 2.31. The van der Waals surface area contributed by atoms with Crippen LogP contribution in [0.4, 0.5) is 13.2 Å². The molecule has 0 heterocycles. The molecule has 0 bridgehead atoms. The van der Waals surface area contributed by atoms with Crippen LogP contribution >= 0.6 is 0 Å². The lowest BCUT2D eigenvalue weighted by Crippen LogP contribution is -2.46. The van der Waals surface area contributed by atoms with Crippen LogP contribution in [0.3, 0.4) is 0 Å². The molecule has 2 atom stereocenters. The average molecular weight is 306 g/mol. The zero-order valence-electron chi connectivity index (χ0n) is 11.3. The molecule has 1 rings (SSSR count). The highest BCUT2D eigenvalue weighted by Crippen LogP contribution is 2.25. The fourth-order valence-corrected chi connectivity index (χ4v) is 1.79. The average Bonchev–Trinajstić information content (AvgIpc) is 2.31. The number of halogens is 3. The van der Waals surface area contributed by atoms with Gasteiger partial charge in [-0.3, -0.25) is 4.79 Å². The third-order valence-electron chi connectivity index (χ3n) is 2.76. The van der Waals surface area contributed by atoms with E-state index in [1.807, 2.05) is 0 Å². The van der Waals surface area contributed by atoms with Gasteiger partial charge in [0.15, 0.2) is 11.5 Å². The Labute approximate surface area is 119 Å². The molecule has 0 saturated heterocycles. The standard InChI is InChI=1S/C13H17F3N2O3/c1-7(6-13(14,15)16)18-12(21)9(17)4-8-2-3-10(19)11(20)5-8/h2-3,5,7,9,19-20H,4,6,17H2,1H3,(H,18,21)/t7?,9-/m0/s1. The van der Waals surface area contributed by atoms with Crippen molar-refractivity contribution < 1.29 is 28.2 Å². The Kier molecular flexibility index (Phi) is 5.42. The van der Waals surface area contributed by atoms with Crippen molar-refractivity contribution >= 4 is 5.91 Å². The number of phenols is 2. The zero-order valence-corrected chi connectivity index (χ0v) is 11.3. The van der Waals surface area contributed by atoms with Crippen molar-refractivity contribution in [3.63, 3.8) is 0 Å². The normalized spacial score (nSPS) is 14.5. The van der Waals surface area contributed by atoms with Gasteiger partial charge >= 0.3 is 6.18 Å². The maximum atomic E-state index is 12.2. The summed E-state index contributed by atoms with van der Waals surface area (Å²) in [7, 11) is 0. The highest BCUT2D eigenvalue weighted by molar-refractivity contribution is 5.82. The quantitative estimate of drug-likeness (QED) is 0.619. The smallest absolute Gasteiger partial charge is 0.391 e. The summed E-state index contributed by atoms with van der Waals surface area (Å²) in [6, 6.07) is 1.81. The van der Waals surface area contributed by atoms with Gasteiger partial charge in [0.25, 0.3) is 0 Å². The predicted octanol–water partition coefficient (Wildman–Crippen LogP) is 1.42. The van der Waals surface area contributed by atoms with E-state index < -0.39 is 30.6 Å². The predicted molar refractivity (Wildman–Crippen MR) is 69.7 cm³/mol. The summed E-state index contributed by atoms with van der Waals surface area (Å²) < 4.78 is 36.5. The maximum Gasteiger partial charge on any atom is 0.391 e. The Morgan fingerprint density at radius 2 is 1.95 bits per heavy atom. The molecule has 1 aromatic rings. The minimum absolute atomic E-state index is 0.0262. The maximum absolute atomic E-state index is 12.2. The van der Waals surface area contributed by atoms with E-state index in [1.54, 1.807) is 0 Å². The van der Waals surface area contributed by atoms with Gasteiger partial charge < -0.3 is 21.3 Å². The van der Waals surface area contributed by atoms with Crippen LogP contribution in [0.15, 0.2) is 18.2 Å². The number of aromatic hydroxyl groups is 2. The number of carbonyl (C=O) groups excluding carboxylic acids is 1. The molecule has 1 unspecified atom stereocenters. The minimum atomic E-state index is -4.36. The minimum Gasteiger partial charge on any atom is -0.504 e. The third kappa shape index (κ3) is 5.90. The van der Waals surface area contributed by atoms with Gasteiger partial charge in [-0.05, 0) is 31.0 Å². The van der Waals surface area contributed by atoms with Crippen molar-refractivity contribution in [2.75, 3.05) is 0 Å². The second-order valence-electron chi connectivity index (χ2n) is 4.86. The molecular formula is C13H17F3N2O3. The van der Waals surface area contributed by atoms with Crippen molar-refractivity contribution in [1.82, 2.24) is 5.32 Å². The van der Waals surface area contributed by atoms with Gasteiger partial charge in [-0.1, -0.05) is 6.07 Å². The number of amides is 1. The Balaban J connectivity index is 2.56. The number of benzene rings is 1. The van der Waals surface area contributed by atoms with E-state index in [0.29, 0.717) is 5.56 Å². The van der Waals surface area contributed by atoms with Gasteiger partial charge in [-0.2, -0.15) is 13.2 Å². The SMILES string of the molecule is CC(CC(F)(F)F)NC(=O)[C@@H](N)Cc1ccc(O)c(O)c1. The van der Waals surface area contributed by atoms with Crippen LogP contribution in [-0.4, -0.2) is 34.4 Å². The molecule has 1 amide bonds. The molecule has 0 radical (unpaired) electrons. The molecule has 21 heavy (non-hydrogen) atoms. The molecule has 5 nitrogen and oxygen atoms in total. The first kappa shape index (κ1) is 17.1. The Morgan fingerprint density at radius 1 is 1.33 bits per heavy atom. The van der Waals surface area contributed by atoms with E-state index in [2.05, 4.69) is 5.32 Å². The van der Waals surface area contributed by atoms with Crippen LogP contribution in [0.5, 0.6) is 11.5 Å². The van der Waals surface area contributed by atoms with Crippen molar-refractivity contribution in [2.45, 2.75) is 38.0 Å². The third-order valence-corrected chi connectivity index (χ3v) is 2.76.